The zero-order chi connectivity index (χ0) is 12.8. The molecule has 94 valence electrons. The molecule has 5 heteroatoms. The molecule has 0 bridgehead atoms. The Morgan fingerprint density at radius 2 is 2.33 bits per heavy atom. The van der Waals surface area contributed by atoms with Gasteiger partial charge in [0.1, 0.15) is 12.0 Å². The van der Waals surface area contributed by atoms with Gasteiger partial charge in [0, 0.05) is 11.8 Å². The molecule has 5 nitrogen and oxygen atoms in total. The minimum absolute atomic E-state index is 0.367. The molecule has 0 spiro atoms. The van der Waals surface area contributed by atoms with Crippen LogP contribution in [0.1, 0.15) is 18.2 Å². The Hall–Kier alpha value is -2.30. The maximum absolute atomic E-state index is 5.79. The number of aryl methyl sites for hydroxylation is 1. The summed E-state index contributed by atoms with van der Waals surface area (Å²) >= 11 is 0. The number of nitrogens with one attached hydrogen (secondary N) is 1. The van der Waals surface area contributed by atoms with Crippen molar-refractivity contribution in [2.24, 2.45) is 10.7 Å². The number of hydrogen-bond donors (Lipinski definition) is 2. The highest BCUT2D eigenvalue weighted by molar-refractivity contribution is 5.92. The molecule has 0 atom stereocenters. The lowest BCUT2D eigenvalue weighted by Gasteiger charge is -2.06. The van der Waals surface area contributed by atoms with E-state index in [0.717, 1.165) is 17.8 Å². The first-order chi connectivity index (χ1) is 8.78. The number of benzene rings is 1. The van der Waals surface area contributed by atoms with E-state index in [0.29, 0.717) is 12.5 Å². The molecule has 0 fully saturated rings. The fraction of sp³-hybridized carbons (Fsp3) is 0.231. The van der Waals surface area contributed by atoms with Gasteiger partial charge in [0.05, 0.1) is 6.54 Å². The second-order valence-electron chi connectivity index (χ2n) is 3.87. The lowest BCUT2D eigenvalue weighted by molar-refractivity contribution is 0.412. The van der Waals surface area contributed by atoms with Crippen molar-refractivity contribution in [2.45, 2.75) is 19.9 Å². The Morgan fingerprint density at radius 1 is 1.44 bits per heavy atom. The van der Waals surface area contributed by atoms with Crippen LogP contribution in [0.5, 0.6) is 0 Å². The number of aromatic nitrogens is 1. The summed E-state index contributed by atoms with van der Waals surface area (Å²) in [5, 5.41) is 6.81. The molecule has 0 saturated carbocycles. The van der Waals surface area contributed by atoms with Crippen LogP contribution in [0.3, 0.4) is 0 Å². The van der Waals surface area contributed by atoms with Gasteiger partial charge in [-0.15, -0.1) is 0 Å². The zero-order valence-electron chi connectivity index (χ0n) is 10.3. The fourth-order valence-electron chi connectivity index (χ4n) is 1.54. The smallest absolute Gasteiger partial charge is 0.193 e. The lowest BCUT2D eigenvalue weighted by atomic mass is 10.1. The SMILES string of the molecule is CCc1cccc(NC(N)=NCc2ccon2)c1. The molecule has 0 unspecified atom stereocenters. The normalized spacial score (nSPS) is 11.5. The highest BCUT2D eigenvalue weighted by atomic mass is 16.5. The van der Waals surface area contributed by atoms with Crippen LogP contribution < -0.4 is 11.1 Å². The molecular formula is C13H16N4O. The van der Waals surface area contributed by atoms with Gasteiger partial charge in [0.2, 0.25) is 0 Å². The van der Waals surface area contributed by atoms with E-state index in [-0.39, 0.29) is 0 Å². The van der Waals surface area contributed by atoms with Crippen molar-refractivity contribution < 1.29 is 4.52 Å². The third-order valence-corrected chi connectivity index (χ3v) is 2.51. The molecule has 0 aliphatic rings. The maximum atomic E-state index is 5.79. The van der Waals surface area contributed by atoms with Gasteiger partial charge in [0.25, 0.3) is 0 Å². The number of hydrogen-bond acceptors (Lipinski definition) is 3. The van der Waals surface area contributed by atoms with Crippen LogP contribution in [0.15, 0.2) is 46.1 Å². The predicted octanol–water partition coefficient (Wildman–Crippen LogP) is 2.16. The molecule has 0 aliphatic carbocycles. The third-order valence-electron chi connectivity index (χ3n) is 2.51. The van der Waals surface area contributed by atoms with E-state index in [1.54, 1.807) is 6.07 Å². The summed E-state index contributed by atoms with van der Waals surface area (Å²) in [7, 11) is 0. The van der Waals surface area contributed by atoms with Gasteiger partial charge < -0.3 is 15.6 Å². The molecule has 0 amide bonds. The second kappa shape index (κ2) is 5.86. The Balaban J connectivity index is 1.97. The minimum atomic E-state index is 0.367. The number of aliphatic imine (C=N–C) groups is 1. The van der Waals surface area contributed by atoms with Gasteiger partial charge in [-0.1, -0.05) is 24.2 Å². The van der Waals surface area contributed by atoms with Crippen molar-refractivity contribution in [2.75, 3.05) is 5.32 Å². The quantitative estimate of drug-likeness (QED) is 0.638. The topological polar surface area (TPSA) is 76.4 Å². The first-order valence-electron chi connectivity index (χ1n) is 5.83. The van der Waals surface area contributed by atoms with E-state index >= 15 is 0 Å². The van der Waals surface area contributed by atoms with Crippen LogP contribution in [0.25, 0.3) is 0 Å². The molecular weight excluding hydrogens is 228 g/mol. The largest absolute Gasteiger partial charge is 0.370 e. The van der Waals surface area contributed by atoms with Crippen LogP contribution in [0, 0.1) is 0 Å². The summed E-state index contributed by atoms with van der Waals surface area (Å²) < 4.78 is 4.71. The summed E-state index contributed by atoms with van der Waals surface area (Å²) in [6.07, 6.45) is 2.50. The molecule has 2 rings (SSSR count). The van der Waals surface area contributed by atoms with Crippen LogP contribution in [-0.4, -0.2) is 11.1 Å². The summed E-state index contributed by atoms with van der Waals surface area (Å²) in [5.74, 6) is 0.367. The molecule has 1 heterocycles. The molecule has 2 aromatic rings. The average Bonchev–Trinajstić information content (AvgIpc) is 2.90. The first kappa shape index (κ1) is 12.2. The molecule has 0 saturated heterocycles. The Kier molecular flexibility index (Phi) is 3.96. The van der Waals surface area contributed by atoms with Crippen LogP contribution in [0.4, 0.5) is 5.69 Å². The van der Waals surface area contributed by atoms with E-state index in [2.05, 4.69) is 34.5 Å². The second-order valence-corrected chi connectivity index (χ2v) is 3.87. The molecule has 0 aliphatic heterocycles. The predicted molar refractivity (Wildman–Crippen MR) is 71.3 cm³/mol. The van der Waals surface area contributed by atoms with E-state index in [4.69, 9.17) is 10.3 Å². The number of nitrogens with zero attached hydrogens (tertiary/aromatic N) is 2. The lowest BCUT2D eigenvalue weighted by Crippen LogP contribution is -2.22. The van der Waals surface area contributed by atoms with E-state index in [1.807, 2.05) is 12.1 Å². The van der Waals surface area contributed by atoms with Crippen LogP contribution in [-0.2, 0) is 13.0 Å². The number of guanidine groups is 1. The van der Waals surface area contributed by atoms with E-state index in [9.17, 15) is 0 Å². The molecule has 0 radical (unpaired) electrons. The monoisotopic (exact) mass is 244 g/mol. The van der Waals surface area contributed by atoms with Crippen LogP contribution in [0.2, 0.25) is 0 Å². The number of rotatable bonds is 4. The summed E-state index contributed by atoms with van der Waals surface area (Å²) in [4.78, 5) is 4.18. The molecule has 1 aromatic carbocycles. The van der Waals surface area contributed by atoms with E-state index in [1.165, 1.54) is 11.8 Å². The van der Waals surface area contributed by atoms with Crippen molar-refractivity contribution >= 4 is 11.6 Å². The molecule has 1 aromatic heterocycles. The number of anilines is 1. The Morgan fingerprint density at radius 3 is 3.06 bits per heavy atom. The highest BCUT2D eigenvalue weighted by Gasteiger charge is 1.98. The van der Waals surface area contributed by atoms with Gasteiger partial charge in [-0.3, -0.25) is 0 Å². The average molecular weight is 244 g/mol. The van der Waals surface area contributed by atoms with Crippen molar-refractivity contribution in [1.29, 1.82) is 0 Å². The first-order valence-corrected chi connectivity index (χ1v) is 5.83. The van der Waals surface area contributed by atoms with Gasteiger partial charge in [-0.05, 0) is 24.1 Å². The van der Waals surface area contributed by atoms with Gasteiger partial charge in [0.15, 0.2) is 5.96 Å². The Bertz CT molecular complexity index is 520. The molecule has 3 N–H and O–H groups in total. The Labute approximate surface area is 106 Å². The summed E-state index contributed by atoms with van der Waals surface area (Å²) in [5.41, 5.74) is 8.74. The maximum Gasteiger partial charge on any atom is 0.193 e. The third kappa shape index (κ3) is 3.35. The summed E-state index contributed by atoms with van der Waals surface area (Å²) in [6, 6.07) is 9.84. The summed E-state index contributed by atoms with van der Waals surface area (Å²) in [6.45, 7) is 2.52. The van der Waals surface area contributed by atoms with Gasteiger partial charge >= 0.3 is 0 Å². The van der Waals surface area contributed by atoms with E-state index < -0.39 is 0 Å². The highest BCUT2D eigenvalue weighted by Crippen LogP contribution is 2.10. The van der Waals surface area contributed by atoms with Crippen molar-refractivity contribution in [3.63, 3.8) is 0 Å². The number of nitrogens with two attached hydrogens (primary N) is 1. The molecule has 18 heavy (non-hydrogen) atoms. The minimum Gasteiger partial charge on any atom is -0.370 e. The standard InChI is InChI=1S/C13H16N4O/c1-2-10-4-3-5-11(8-10)16-13(14)15-9-12-6-7-18-17-12/h3-8H,2,9H2,1H3,(H3,14,15,16). The zero-order valence-corrected chi connectivity index (χ0v) is 10.3. The van der Waals surface area contributed by atoms with Crippen LogP contribution >= 0.6 is 0 Å². The van der Waals surface area contributed by atoms with Crippen molar-refractivity contribution in [1.82, 2.24) is 5.16 Å². The van der Waals surface area contributed by atoms with Crippen molar-refractivity contribution in [3.8, 4) is 0 Å². The van der Waals surface area contributed by atoms with Gasteiger partial charge in [-0.2, -0.15) is 0 Å². The van der Waals surface area contributed by atoms with Gasteiger partial charge in [-0.25, -0.2) is 4.99 Å². The fourth-order valence-corrected chi connectivity index (χ4v) is 1.54. The van der Waals surface area contributed by atoms with Crippen molar-refractivity contribution in [3.05, 3.63) is 47.9 Å².